The molecule has 0 aliphatic carbocycles. The minimum Gasteiger partial charge on any atom is -0.356 e. The van der Waals surface area contributed by atoms with Crippen LogP contribution in [-0.2, 0) is 11.2 Å². The van der Waals surface area contributed by atoms with Gasteiger partial charge in [0, 0.05) is 24.9 Å². The van der Waals surface area contributed by atoms with Gasteiger partial charge in [-0.25, -0.2) is 0 Å². The Bertz CT molecular complexity index is 511. The van der Waals surface area contributed by atoms with Gasteiger partial charge in [0.25, 0.3) is 0 Å². The van der Waals surface area contributed by atoms with Gasteiger partial charge in [-0.2, -0.15) is 0 Å². The molecule has 1 heterocycles. The van der Waals surface area contributed by atoms with Crippen LogP contribution < -0.4 is 10.6 Å². The maximum Gasteiger partial charge on any atom is 0.220 e. The van der Waals surface area contributed by atoms with Gasteiger partial charge in [-0.1, -0.05) is 31.2 Å². The molecular formula is C19H29ClN2O2. The van der Waals surface area contributed by atoms with Crippen molar-refractivity contribution in [3.05, 3.63) is 35.4 Å². The average molecular weight is 353 g/mol. The van der Waals surface area contributed by atoms with Crippen molar-refractivity contribution in [3.63, 3.8) is 0 Å². The van der Waals surface area contributed by atoms with E-state index in [9.17, 15) is 9.59 Å². The number of rotatable bonds is 8. The minimum absolute atomic E-state index is 0. The zero-order chi connectivity index (χ0) is 16.5. The molecule has 1 atom stereocenters. The molecule has 2 rings (SSSR count). The molecule has 0 bridgehead atoms. The molecule has 1 aliphatic rings. The summed E-state index contributed by atoms with van der Waals surface area (Å²) >= 11 is 0. The SMILES string of the molecule is CCc1ccc(C(=O)CCC(=O)NCCC2CCCNC2)cc1.Cl. The number of carbonyl (C=O) groups excluding carboxylic acids is 2. The second-order valence-corrected chi connectivity index (χ2v) is 6.32. The van der Waals surface area contributed by atoms with Gasteiger partial charge in [0.15, 0.2) is 5.78 Å². The molecule has 24 heavy (non-hydrogen) atoms. The fourth-order valence-electron chi connectivity index (χ4n) is 2.97. The Hall–Kier alpha value is -1.39. The summed E-state index contributed by atoms with van der Waals surface area (Å²) in [6, 6.07) is 7.67. The number of hydrogen-bond donors (Lipinski definition) is 2. The predicted octanol–water partition coefficient (Wildman–Crippen LogP) is 3.14. The Balaban J connectivity index is 0.00000288. The molecule has 0 radical (unpaired) electrons. The molecule has 1 saturated heterocycles. The lowest BCUT2D eigenvalue weighted by Gasteiger charge is -2.22. The summed E-state index contributed by atoms with van der Waals surface area (Å²) in [5.41, 5.74) is 1.92. The predicted molar refractivity (Wildman–Crippen MR) is 99.9 cm³/mol. The van der Waals surface area contributed by atoms with Crippen LogP contribution in [0.3, 0.4) is 0 Å². The molecule has 1 unspecified atom stereocenters. The number of aryl methyl sites for hydroxylation is 1. The zero-order valence-electron chi connectivity index (χ0n) is 14.5. The van der Waals surface area contributed by atoms with E-state index in [1.54, 1.807) is 0 Å². The van der Waals surface area contributed by atoms with Crippen molar-refractivity contribution in [1.82, 2.24) is 10.6 Å². The number of ketones is 1. The number of nitrogens with one attached hydrogen (secondary N) is 2. The first-order valence-corrected chi connectivity index (χ1v) is 8.78. The number of halogens is 1. The standard InChI is InChI=1S/C19H28N2O2.ClH/c1-2-15-5-7-17(8-6-15)18(22)9-10-19(23)21-13-11-16-4-3-12-20-14-16;/h5-8,16,20H,2-4,9-14H2,1H3,(H,21,23);1H. The Morgan fingerprint density at radius 3 is 2.58 bits per heavy atom. The van der Waals surface area contributed by atoms with E-state index >= 15 is 0 Å². The number of Topliss-reactive ketones (excluding diaryl/α,β-unsaturated/α-hetero) is 1. The van der Waals surface area contributed by atoms with Gasteiger partial charge in [0.2, 0.25) is 5.91 Å². The highest BCUT2D eigenvalue weighted by Gasteiger charge is 2.13. The Morgan fingerprint density at radius 1 is 1.21 bits per heavy atom. The summed E-state index contributed by atoms with van der Waals surface area (Å²) < 4.78 is 0. The van der Waals surface area contributed by atoms with Crippen molar-refractivity contribution >= 4 is 24.1 Å². The quantitative estimate of drug-likeness (QED) is 0.707. The van der Waals surface area contributed by atoms with E-state index in [1.165, 1.54) is 18.4 Å². The molecule has 2 N–H and O–H groups in total. The molecule has 1 aliphatic heterocycles. The van der Waals surface area contributed by atoms with Gasteiger partial charge in [0.1, 0.15) is 0 Å². The normalized spacial score (nSPS) is 17.0. The van der Waals surface area contributed by atoms with Gasteiger partial charge in [-0.3, -0.25) is 9.59 Å². The number of benzene rings is 1. The molecule has 134 valence electrons. The van der Waals surface area contributed by atoms with Crippen molar-refractivity contribution in [2.75, 3.05) is 19.6 Å². The fraction of sp³-hybridized carbons (Fsp3) is 0.579. The molecule has 1 aromatic carbocycles. The van der Waals surface area contributed by atoms with Crippen LogP contribution in [0.4, 0.5) is 0 Å². The summed E-state index contributed by atoms with van der Waals surface area (Å²) in [4.78, 5) is 23.9. The monoisotopic (exact) mass is 352 g/mol. The minimum atomic E-state index is -0.0210. The second kappa shape index (κ2) is 11.2. The van der Waals surface area contributed by atoms with Crippen LogP contribution in [0.1, 0.15) is 54.9 Å². The van der Waals surface area contributed by atoms with Gasteiger partial charge >= 0.3 is 0 Å². The highest BCUT2D eigenvalue weighted by molar-refractivity contribution is 5.97. The summed E-state index contributed by atoms with van der Waals surface area (Å²) in [6.07, 6.45) is 5.01. The molecule has 1 amide bonds. The Kier molecular flexibility index (Phi) is 9.65. The van der Waals surface area contributed by atoms with Crippen molar-refractivity contribution in [1.29, 1.82) is 0 Å². The van der Waals surface area contributed by atoms with Crippen LogP contribution in [0.5, 0.6) is 0 Å². The number of hydrogen-bond acceptors (Lipinski definition) is 3. The fourth-order valence-corrected chi connectivity index (χ4v) is 2.97. The van der Waals surface area contributed by atoms with E-state index in [0.717, 1.165) is 25.9 Å². The molecule has 4 nitrogen and oxygen atoms in total. The van der Waals surface area contributed by atoms with E-state index < -0.39 is 0 Å². The first-order chi connectivity index (χ1) is 11.2. The number of carbonyl (C=O) groups is 2. The smallest absolute Gasteiger partial charge is 0.220 e. The average Bonchev–Trinajstić information content (AvgIpc) is 2.60. The van der Waals surface area contributed by atoms with E-state index in [0.29, 0.717) is 18.0 Å². The lowest BCUT2D eigenvalue weighted by atomic mass is 9.96. The first-order valence-electron chi connectivity index (χ1n) is 8.78. The van der Waals surface area contributed by atoms with Gasteiger partial charge < -0.3 is 10.6 Å². The lowest BCUT2D eigenvalue weighted by Crippen LogP contribution is -2.33. The Labute approximate surface area is 151 Å². The zero-order valence-corrected chi connectivity index (χ0v) is 15.3. The molecular weight excluding hydrogens is 324 g/mol. The van der Waals surface area contributed by atoms with E-state index in [1.807, 2.05) is 24.3 Å². The van der Waals surface area contributed by atoms with E-state index in [4.69, 9.17) is 0 Å². The van der Waals surface area contributed by atoms with Crippen LogP contribution in [0.25, 0.3) is 0 Å². The maximum absolute atomic E-state index is 12.1. The van der Waals surface area contributed by atoms with Gasteiger partial charge in [-0.15, -0.1) is 12.4 Å². The van der Waals surface area contributed by atoms with Crippen LogP contribution in [-0.4, -0.2) is 31.3 Å². The molecule has 0 saturated carbocycles. The van der Waals surface area contributed by atoms with Crippen molar-refractivity contribution < 1.29 is 9.59 Å². The maximum atomic E-state index is 12.1. The summed E-state index contributed by atoms with van der Waals surface area (Å²) in [5.74, 6) is 0.689. The molecule has 0 spiro atoms. The van der Waals surface area contributed by atoms with Crippen LogP contribution in [0.2, 0.25) is 0 Å². The highest BCUT2D eigenvalue weighted by Crippen LogP contribution is 2.13. The van der Waals surface area contributed by atoms with Crippen molar-refractivity contribution in [3.8, 4) is 0 Å². The topological polar surface area (TPSA) is 58.2 Å². The first kappa shape index (κ1) is 20.7. The van der Waals surface area contributed by atoms with Crippen LogP contribution >= 0.6 is 12.4 Å². The van der Waals surface area contributed by atoms with E-state index in [-0.39, 0.29) is 36.9 Å². The third kappa shape index (κ3) is 7.02. The third-order valence-corrected chi connectivity index (χ3v) is 4.54. The third-order valence-electron chi connectivity index (χ3n) is 4.54. The van der Waals surface area contributed by atoms with Gasteiger partial charge in [0.05, 0.1) is 0 Å². The molecule has 1 aromatic rings. The lowest BCUT2D eigenvalue weighted by molar-refractivity contribution is -0.121. The van der Waals surface area contributed by atoms with Crippen molar-refractivity contribution in [2.24, 2.45) is 5.92 Å². The molecule has 0 aromatic heterocycles. The molecule has 5 heteroatoms. The number of amides is 1. The largest absolute Gasteiger partial charge is 0.356 e. The summed E-state index contributed by atoms with van der Waals surface area (Å²) in [7, 11) is 0. The summed E-state index contributed by atoms with van der Waals surface area (Å²) in [6.45, 7) is 4.97. The molecule has 1 fully saturated rings. The highest BCUT2D eigenvalue weighted by atomic mass is 35.5. The second-order valence-electron chi connectivity index (χ2n) is 6.32. The van der Waals surface area contributed by atoms with Crippen LogP contribution in [0, 0.1) is 5.92 Å². The Morgan fingerprint density at radius 2 is 1.96 bits per heavy atom. The van der Waals surface area contributed by atoms with Gasteiger partial charge in [-0.05, 0) is 50.3 Å². The number of piperidine rings is 1. The van der Waals surface area contributed by atoms with E-state index in [2.05, 4.69) is 17.6 Å². The summed E-state index contributed by atoms with van der Waals surface area (Å²) in [5, 5.41) is 6.32. The van der Waals surface area contributed by atoms with Crippen LogP contribution in [0.15, 0.2) is 24.3 Å². The van der Waals surface area contributed by atoms with Crippen molar-refractivity contribution in [2.45, 2.75) is 45.4 Å².